The van der Waals surface area contributed by atoms with Crippen LogP contribution in [0.5, 0.6) is 0 Å². The number of sulfonamides is 1. The van der Waals surface area contributed by atoms with Crippen molar-refractivity contribution in [1.29, 1.82) is 0 Å². The van der Waals surface area contributed by atoms with E-state index in [0.717, 1.165) is 19.6 Å². The molecular formula is C10H19N5O2S. The Morgan fingerprint density at radius 2 is 2.06 bits per heavy atom. The molecule has 0 amide bonds. The first kappa shape index (κ1) is 13.5. The number of nitrogens with two attached hydrogens (primary N) is 1. The van der Waals surface area contributed by atoms with Gasteiger partial charge in [0.25, 0.3) is 10.0 Å². The fraction of sp³-hybridized carbons (Fsp3) is 0.700. The first-order chi connectivity index (χ1) is 8.59. The zero-order valence-corrected chi connectivity index (χ0v) is 11.3. The van der Waals surface area contributed by atoms with E-state index >= 15 is 0 Å². The maximum atomic E-state index is 12.4. The van der Waals surface area contributed by atoms with E-state index in [-0.39, 0.29) is 11.6 Å². The van der Waals surface area contributed by atoms with Gasteiger partial charge in [-0.3, -0.25) is 5.10 Å². The second kappa shape index (κ2) is 5.35. The molecule has 1 aliphatic rings. The normalized spacial score (nSPS) is 19.2. The summed E-state index contributed by atoms with van der Waals surface area (Å²) < 4.78 is 26.3. The Balaban J connectivity index is 2.17. The lowest BCUT2D eigenvalue weighted by molar-refractivity contribution is 0.196. The van der Waals surface area contributed by atoms with Crippen LogP contribution in [0.15, 0.2) is 11.2 Å². The van der Waals surface area contributed by atoms with Crippen molar-refractivity contribution in [3.63, 3.8) is 0 Å². The molecule has 18 heavy (non-hydrogen) atoms. The van der Waals surface area contributed by atoms with Crippen molar-refractivity contribution in [1.82, 2.24) is 19.4 Å². The average molecular weight is 273 g/mol. The van der Waals surface area contributed by atoms with Crippen LogP contribution in [-0.2, 0) is 16.6 Å². The van der Waals surface area contributed by atoms with E-state index in [0.29, 0.717) is 18.7 Å². The van der Waals surface area contributed by atoms with E-state index in [1.165, 1.54) is 10.5 Å². The van der Waals surface area contributed by atoms with Crippen LogP contribution in [0.25, 0.3) is 0 Å². The van der Waals surface area contributed by atoms with Gasteiger partial charge < -0.3 is 10.6 Å². The Kier molecular flexibility index (Phi) is 4.00. The molecule has 2 heterocycles. The maximum absolute atomic E-state index is 12.4. The van der Waals surface area contributed by atoms with Crippen molar-refractivity contribution in [2.24, 2.45) is 5.73 Å². The zero-order chi connectivity index (χ0) is 13.2. The minimum Gasteiger partial charge on any atom is -0.326 e. The number of aromatic amines is 1. The molecule has 1 fully saturated rings. The zero-order valence-electron chi connectivity index (χ0n) is 10.5. The lowest BCUT2D eigenvalue weighted by Gasteiger charge is -2.32. The van der Waals surface area contributed by atoms with Gasteiger partial charge in [-0.25, -0.2) is 8.42 Å². The summed E-state index contributed by atoms with van der Waals surface area (Å²) in [6.45, 7) is 5.75. The van der Waals surface area contributed by atoms with Gasteiger partial charge in [0.05, 0.1) is 6.20 Å². The van der Waals surface area contributed by atoms with E-state index in [9.17, 15) is 8.42 Å². The standard InChI is InChI=1S/C10H19N5O2S/c1-2-14-3-5-15(6-4-14)18(16,17)10-9(7-11)8-12-13-10/h8H,2-7,11H2,1H3,(H,12,13). The van der Waals surface area contributed by atoms with Crippen LogP contribution in [0.4, 0.5) is 0 Å². The van der Waals surface area contributed by atoms with E-state index in [4.69, 9.17) is 5.73 Å². The molecule has 0 unspecified atom stereocenters. The molecule has 0 bridgehead atoms. The number of hydrogen-bond donors (Lipinski definition) is 2. The summed E-state index contributed by atoms with van der Waals surface area (Å²) in [4.78, 5) is 2.23. The highest BCUT2D eigenvalue weighted by molar-refractivity contribution is 7.89. The van der Waals surface area contributed by atoms with Crippen molar-refractivity contribution < 1.29 is 8.42 Å². The first-order valence-corrected chi connectivity index (χ1v) is 7.48. The summed E-state index contributed by atoms with van der Waals surface area (Å²) in [5, 5.41) is 6.44. The third kappa shape index (κ3) is 2.41. The van der Waals surface area contributed by atoms with Crippen LogP contribution in [0.3, 0.4) is 0 Å². The average Bonchev–Trinajstić information content (AvgIpc) is 2.88. The molecule has 1 aliphatic heterocycles. The summed E-state index contributed by atoms with van der Waals surface area (Å²) in [5.74, 6) is 0. The Bertz CT molecular complexity index is 490. The number of hydrogen-bond acceptors (Lipinski definition) is 5. The monoisotopic (exact) mass is 273 g/mol. The van der Waals surface area contributed by atoms with Crippen molar-refractivity contribution in [3.8, 4) is 0 Å². The summed E-state index contributed by atoms with van der Waals surface area (Å²) in [5.41, 5.74) is 6.05. The van der Waals surface area contributed by atoms with E-state index in [2.05, 4.69) is 22.0 Å². The van der Waals surface area contributed by atoms with Gasteiger partial charge in [0, 0.05) is 38.3 Å². The van der Waals surface area contributed by atoms with Crippen LogP contribution >= 0.6 is 0 Å². The number of nitrogens with one attached hydrogen (secondary N) is 1. The van der Waals surface area contributed by atoms with Gasteiger partial charge in [-0.1, -0.05) is 6.92 Å². The number of piperazine rings is 1. The molecular weight excluding hydrogens is 254 g/mol. The molecule has 0 aliphatic carbocycles. The van der Waals surface area contributed by atoms with Crippen LogP contribution in [0.1, 0.15) is 12.5 Å². The molecule has 1 aromatic heterocycles. The molecule has 102 valence electrons. The number of H-pyrrole nitrogens is 1. The first-order valence-electron chi connectivity index (χ1n) is 6.04. The van der Waals surface area contributed by atoms with E-state index in [1.54, 1.807) is 0 Å². The molecule has 3 N–H and O–H groups in total. The molecule has 0 spiro atoms. The predicted molar refractivity (Wildman–Crippen MR) is 67.4 cm³/mol. The number of rotatable bonds is 4. The molecule has 1 saturated heterocycles. The van der Waals surface area contributed by atoms with Crippen molar-refractivity contribution in [3.05, 3.63) is 11.8 Å². The van der Waals surface area contributed by atoms with Gasteiger partial charge in [0.1, 0.15) is 0 Å². The van der Waals surface area contributed by atoms with E-state index in [1.807, 2.05) is 0 Å². The molecule has 0 aromatic carbocycles. The molecule has 0 atom stereocenters. The largest absolute Gasteiger partial charge is 0.326 e. The van der Waals surface area contributed by atoms with Gasteiger partial charge in [0.15, 0.2) is 5.03 Å². The Morgan fingerprint density at radius 1 is 1.39 bits per heavy atom. The lowest BCUT2D eigenvalue weighted by Crippen LogP contribution is -2.48. The molecule has 1 aromatic rings. The van der Waals surface area contributed by atoms with Gasteiger partial charge in [-0.2, -0.15) is 9.40 Å². The number of nitrogens with zero attached hydrogens (tertiary/aromatic N) is 3. The lowest BCUT2D eigenvalue weighted by atomic mass is 10.4. The molecule has 8 heteroatoms. The Hall–Kier alpha value is -0.960. The second-order valence-electron chi connectivity index (χ2n) is 4.27. The van der Waals surface area contributed by atoms with Gasteiger partial charge >= 0.3 is 0 Å². The Labute approximate surface area is 107 Å². The molecule has 2 rings (SSSR count). The third-order valence-electron chi connectivity index (χ3n) is 3.27. The van der Waals surface area contributed by atoms with Gasteiger partial charge in [-0.15, -0.1) is 0 Å². The maximum Gasteiger partial charge on any atom is 0.260 e. The highest BCUT2D eigenvalue weighted by atomic mass is 32.2. The molecule has 0 saturated carbocycles. The highest BCUT2D eigenvalue weighted by Gasteiger charge is 2.30. The SMILES string of the molecule is CCN1CCN(S(=O)(=O)c2[nH]ncc2CN)CC1. The quantitative estimate of drug-likeness (QED) is 0.748. The summed E-state index contributed by atoms with van der Waals surface area (Å²) in [6.07, 6.45) is 1.47. The summed E-state index contributed by atoms with van der Waals surface area (Å²) >= 11 is 0. The van der Waals surface area contributed by atoms with Crippen LogP contribution in [0, 0.1) is 0 Å². The van der Waals surface area contributed by atoms with Crippen LogP contribution in [0.2, 0.25) is 0 Å². The predicted octanol–water partition coefficient (Wildman–Crippen LogP) is -0.805. The fourth-order valence-corrected chi connectivity index (χ4v) is 3.62. The topological polar surface area (TPSA) is 95.3 Å². The summed E-state index contributed by atoms with van der Waals surface area (Å²) in [6, 6.07) is 0. The minimum absolute atomic E-state index is 0.134. The molecule has 0 radical (unpaired) electrons. The van der Waals surface area contributed by atoms with E-state index < -0.39 is 10.0 Å². The number of likely N-dealkylation sites (N-methyl/N-ethyl adjacent to an activating group) is 1. The summed E-state index contributed by atoms with van der Waals surface area (Å²) in [7, 11) is -3.48. The van der Waals surface area contributed by atoms with Crippen molar-refractivity contribution in [2.75, 3.05) is 32.7 Å². The smallest absolute Gasteiger partial charge is 0.260 e. The van der Waals surface area contributed by atoms with Crippen LogP contribution in [-0.4, -0.2) is 60.5 Å². The molecule has 7 nitrogen and oxygen atoms in total. The second-order valence-corrected chi connectivity index (χ2v) is 6.14. The number of aromatic nitrogens is 2. The van der Waals surface area contributed by atoms with Gasteiger partial charge in [-0.05, 0) is 6.54 Å². The van der Waals surface area contributed by atoms with Crippen molar-refractivity contribution in [2.45, 2.75) is 18.5 Å². The van der Waals surface area contributed by atoms with Crippen molar-refractivity contribution >= 4 is 10.0 Å². The minimum atomic E-state index is -3.48. The Morgan fingerprint density at radius 3 is 2.61 bits per heavy atom. The van der Waals surface area contributed by atoms with Crippen LogP contribution < -0.4 is 5.73 Å². The fourth-order valence-electron chi connectivity index (χ4n) is 2.08. The van der Waals surface area contributed by atoms with Gasteiger partial charge in [0.2, 0.25) is 0 Å². The highest BCUT2D eigenvalue weighted by Crippen LogP contribution is 2.18. The third-order valence-corrected chi connectivity index (χ3v) is 5.19.